The van der Waals surface area contributed by atoms with Crippen molar-refractivity contribution < 1.29 is 4.79 Å². The second-order valence-electron chi connectivity index (χ2n) is 5.55. The normalized spacial score (nSPS) is 12.9. The lowest BCUT2D eigenvalue weighted by Crippen LogP contribution is -2.36. The molecule has 0 aliphatic carbocycles. The molecule has 0 aliphatic heterocycles. The van der Waals surface area contributed by atoms with Crippen molar-refractivity contribution in [3.63, 3.8) is 0 Å². The second-order valence-corrected chi connectivity index (χ2v) is 5.98. The molecule has 0 saturated carbocycles. The maximum absolute atomic E-state index is 12.5. The van der Waals surface area contributed by atoms with Gasteiger partial charge in [0.2, 0.25) is 5.91 Å². The fourth-order valence-electron chi connectivity index (χ4n) is 2.41. The topological polar surface area (TPSA) is 46.3 Å². The van der Waals surface area contributed by atoms with Gasteiger partial charge in [-0.2, -0.15) is 0 Å². The minimum atomic E-state index is -0.304. The Labute approximate surface area is 148 Å². The van der Waals surface area contributed by atoms with Crippen LogP contribution in [-0.2, 0) is 11.3 Å². The Balaban J connectivity index is 0.00000264. The van der Waals surface area contributed by atoms with Crippen LogP contribution < -0.4 is 5.73 Å². The molecular weight excluding hydrogens is 331 g/mol. The summed E-state index contributed by atoms with van der Waals surface area (Å²) >= 11 is 5.87. The van der Waals surface area contributed by atoms with Crippen molar-refractivity contribution in [1.29, 1.82) is 0 Å². The van der Waals surface area contributed by atoms with Gasteiger partial charge in [-0.25, -0.2) is 0 Å². The number of benzene rings is 2. The highest BCUT2D eigenvalue weighted by Crippen LogP contribution is 2.21. The van der Waals surface area contributed by atoms with E-state index in [1.165, 1.54) is 0 Å². The maximum Gasteiger partial charge on any atom is 0.227 e. The molecule has 0 spiro atoms. The van der Waals surface area contributed by atoms with Crippen molar-refractivity contribution in [2.45, 2.75) is 19.5 Å². The summed E-state index contributed by atoms with van der Waals surface area (Å²) in [6, 6.07) is 16.9. The van der Waals surface area contributed by atoms with Crippen LogP contribution in [0, 0.1) is 5.92 Å². The molecule has 0 radical (unpaired) electrons. The Bertz CT molecular complexity index is 617. The van der Waals surface area contributed by atoms with Crippen LogP contribution in [0.5, 0.6) is 0 Å². The van der Waals surface area contributed by atoms with E-state index in [1.54, 1.807) is 11.9 Å². The smallest absolute Gasteiger partial charge is 0.227 e. The molecule has 23 heavy (non-hydrogen) atoms. The molecule has 0 heterocycles. The summed E-state index contributed by atoms with van der Waals surface area (Å²) in [6.45, 7) is 2.42. The third-order valence-electron chi connectivity index (χ3n) is 3.82. The van der Waals surface area contributed by atoms with Crippen molar-refractivity contribution in [3.05, 3.63) is 70.7 Å². The van der Waals surface area contributed by atoms with Crippen LogP contribution >= 0.6 is 24.0 Å². The molecule has 2 unspecified atom stereocenters. The van der Waals surface area contributed by atoms with Crippen LogP contribution in [0.15, 0.2) is 54.6 Å². The zero-order valence-corrected chi connectivity index (χ0v) is 14.8. The van der Waals surface area contributed by atoms with Gasteiger partial charge in [0.15, 0.2) is 0 Å². The molecule has 2 aromatic carbocycles. The zero-order chi connectivity index (χ0) is 16.1. The molecule has 2 aromatic rings. The summed E-state index contributed by atoms with van der Waals surface area (Å²) in [4.78, 5) is 14.3. The molecule has 2 rings (SSSR count). The fourth-order valence-corrected chi connectivity index (χ4v) is 2.53. The Morgan fingerprint density at radius 3 is 2.26 bits per heavy atom. The van der Waals surface area contributed by atoms with Gasteiger partial charge >= 0.3 is 0 Å². The molecule has 0 fully saturated rings. The first-order valence-electron chi connectivity index (χ1n) is 7.29. The van der Waals surface area contributed by atoms with Crippen LogP contribution in [0.2, 0.25) is 5.02 Å². The maximum atomic E-state index is 12.5. The minimum Gasteiger partial charge on any atom is -0.341 e. The van der Waals surface area contributed by atoms with E-state index in [1.807, 2.05) is 61.5 Å². The van der Waals surface area contributed by atoms with E-state index in [2.05, 4.69) is 0 Å². The molecular formula is C18H22Cl2N2O. The van der Waals surface area contributed by atoms with Gasteiger partial charge in [0.25, 0.3) is 0 Å². The van der Waals surface area contributed by atoms with Gasteiger partial charge in [-0.15, -0.1) is 12.4 Å². The van der Waals surface area contributed by atoms with Gasteiger partial charge < -0.3 is 10.6 Å². The van der Waals surface area contributed by atoms with Crippen LogP contribution in [0.25, 0.3) is 0 Å². The van der Waals surface area contributed by atoms with E-state index in [0.29, 0.717) is 11.6 Å². The lowest BCUT2D eigenvalue weighted by molar-refractivity contribution is -0.134. The second kappa shape index (κ2) is 8.92. The minimum absolute atomic E-state index is 0. The number of hydrogen-bond acceptors (Lipinski definition) is 2. The molecule has 2 N–H and O–H groups in total. The number of nitrogens with zero attached hydrogens (tertiary/aromatic N) is 1. The van der Waals surface area contributed by atoms with Crippen LogP contribution in [0.4, 0.5) is 0 Å². The highest BCUT2D eigenvalue weighted by Gasteiger charge is 2.24. The van der Waals surface area contributed by atoms with Gasteiger partial charge in [-0.3, -0.25) is 4.79 Å². The molecule has 0 saturated heterocycles. The average molecular weight is 353 g/mol. The highest BCUT2D eigenvalue weighted by atomic mass is 35.5. The molecule has 1 amide bonds. The summed E-state index contributed by atoms with van der Waals surface area (Å²) in [7, 11) is 1.80. The zero-order valence-electron chi connectivity index (χ0n) is 13.3. The summed E-state index contributed by atoms with van der Waals surface area (Å²) in [5, 5.41) is 0.692. The molecule has 0 aliphatic rings. The molecule has 3 nitrogen and oxygen atoms in total. The van der Waals surface area contributed by atoms with Gasteiger partial charge in [-0.05, 0) is 23.3 Å². The van der Waals surface area contributed by atoms with Gasteiger partial charge in [0.05, 0.1) is 5.92 Å². The average Bonchev–Trinajstić information content (AvgIpc) is 2.55. The third-order valence-corrected chi connectivity index (χ3v) is 4.07. The Morgan fingerprint density at radius 2 is 1.70 bits per heavy atom. The highest BCUT2D eigenvalue weighted by molar-refractivity contribution is 6.30. The van der Waals surface area contributed by atoms with E-state index in [4.69, 9.17) is 17.3 Å². The van der Waals surface area contributed by atoms with Gasteiger partial charge in [0, 0.05) is 24.7 Å². The number of halogens is 2. The van der Waals surface area contributed by atoms with Gasteiger partial charge in [0.1, 0.15) is 0 Å². The number of carbonyl (C=O) groups excluding carboxylic acids is 1. The van der Waals surface area contributed by atoms with E-state index >= 15 is 0 Å². The first-order valence-corrected chi connectivity index (χ1v) is 7.67. The summed E-state index contributed by atoms with van der Waals surface area (Å²) in [6.07, 6.45) is 0. The Hall–Kier alpha value is -1.55. The lowest BCUT2D eigenvalue weighted by Gasteiger charge is -2.25. The molecule has 5 heteroatoms. The predicted octanol–water partition coefficient (Wildman–Crippen LogP) is 4.06. The Morgan fingerprint density at radius 1 is 1.13 bits per heavy atom. The standard InChI is InChI=1S/C18H21ClN2O.ClH/c1-13(17(20)15-6-4-3-5-7-15)18(22)21(2)12-14-8-10-16(19)11-9-14;/h3-11,13,17H,12,20H2,1-2H3;1H. The number of hydrogen-bond donors (Lipinski definition) is 1. The summed E-state index contributed by atoms with van der Waals surface area (Å²) < 4.78 is 0. The number of carbonyl (C=O) groups is 1. The first kappa shape index (κ1) is 19.5. The largest absolute Gasteiger partial charge is 0.341 e. The van der Waals surface area contributed by atoms with Crippen molar-refractivity contribution >= 4 is 29.9 Å². The summed E-state index contributed by atoms with van der Waals surface area (Å²) in [5.41, 5.74) is 8.24. The molecule has 2 atom stereocenters. The molecule has 0 aromatic heterocycles. The number of amides is 1. The van der Waals surface area contributed by atoms with Crippen LogP contribution in [-0.4, -0.2) is 17.9 Å². The third kappa shape index (κ3) is 5.24. The van der Waals surface area contributed by atoms with Gasteiger partial charge in [-0.1, -0.05) is 61.0 Å². The van der Waals surface area contributed by atoms with Crippen molar-refractivity contribution in [3.8, 4) is 0 Å². The van der Waals surface area contributed by atoms with Crippen LogP contribution in [0.3, 0.4) is 0 Å². The van der Waals surface area contributed by atoms with Crippen molar-refractivity contribution in [2.75, 3.05) is 7.05 Å². The molecule has 0 bridgehead atoms. The predicted molar refractivity (Wildman–Crippen MR) is 97.7 cm³/mol. The Kier molecular flexibility index (Phi) is 7.56. The van der Waals surface area contributed by atoms with Crippen molar-refractivity contribution in [2.24, 2.45) is 11.7 Å². The first-order chi connectivity index (χ1) is 10.5. The van der Waals surface area contributed by atoms with E-state index in [0.717, 1.165) is 11.1 Å². The van der Waals surface area contributed by atoms with E-state index in [-0.39, 0.29) is 30.3 Å². The lowest BCUT2D eigenvalue weighted by atomic mass is 9.94. The molecule has 124 valence electrons. The quantitative estimate of drug-likeness (QED) is 0.881. The van der Waals surface area contributed by atoms with Crippen molar-refractivity contribution in [1.82, 2.24) is 4.90 Å². The van der Waals surface area contributed by atoms with Crippen LogP contribution in [0.1, 0.15) is 24.1 Å². The van der Waals surface area contributed by atoms with E-state index < -0.39 is 0 Å². The fraction of sp³-hybridized carbons (Fsp3) is 0.278. The number of nitrogens with two attached hydrogens (primary N) is 1. The SMILES string of the molecule is CC(C(=O)N(C)Cc1ccc(Cl)cc1)C(N)c1ccccc1.Cl. The summed E-state index contributed by atoms with van der Waals surface area (Å²) in [5.74, 6) is -0.244. The monoisotopic (exact) mass is 352 g/mol. The van der Waals surface area contributed by atoms with E-state index in [9.17, 15) is 4.79 Å². The number of rotatable bonds is 5.